The number of terminal acetylenes is 2. The molecule has 1 unspecified atom stereocenters. The van der Waals surface area contributed by atoms with Gasteiger partial charge in [-0.25, -0.2) is 9.97 Å². The minimum atomic E-state index is -1.32. The minimum Gasteiger partial charge on any atom is -1.00 e. The third-order valence-corrected chi connectivity index (χ3v) is 2.57. The zero-order chi connectivity index (χ0) is 17.3. The van der Waals surface area contributed by atoms with Crippen molar-refractivity contribution in [1.29, 1.82) is 0 Å². The molecule has 2 aromatic rings. The van der Waals surface area contributed by atoms with Crippen molar-refractivity contribution in [3.63, 3.8) is 0 Å². The Bertz CT molecular complexity index is 684. The molecular formula is C16H17BrMgN2O4. The first-order valence-electron chi connectivity index (χ1n) is 6.10. The molecule has 0 saturated heterocycles. The SMILES string of the molecule is C#CC(C)(O)c1ncoc1C.CC(=O)c1ncoc1C.[Br-].[C-]#C.[Mg+2]. The second-order valence-corrected chi connectivity index (χ2v) is 4.29. The monoisotopic (exact) mass is 404 g/mol. The fourth-order valence-corrected chi connectivity index (χ4v) is 1.49. The van der Waals surface area contributed by atoms with Crippen LogP contribution in [0.25, 0.3) is 0 Å². The number of Topliss-reactive ketones (excluding diaryl/α,β-unsaturated/α-hetero) is 1. The first kappa shape index (κ1) is 27.3. The molecule has 0 spiro atoms. The van der Waals surface area contributed by atoms with E-state index < -0.39 is 5.60 Å². The van der Waals surface area contributed by atoms with Gasteiger partial charge >= 0.3 is 23.1 Å². The smallest absolute Gasteiger partial charge is 1.00 e. The number of hydrogen-bond acceptors (Lipinski definition) is 6. The number of oxazole rings is 2. The molecule has 2 rings (SSSR count). The number of aromatic nitrogens is 2. The van der Waals surface area contributed by atoms with Crippen molar-refractivity contribution >= 4 is 28.8 Å². The third-order valence-electron chi connectivity index (χ3n) is 2.57. The molecule has 2 aromatic heterocycles. The summed E-state index contributed by atoms with van der Waals surface area (Å²) in [4.78, 5) is 18.1. The number of hydrogen-bond donors (Lipinski definition) is 1. The number of carbonyl (C=O) groups is 1. The Balaban J connectivity index is -0.000000313. The van der Waals surface area contributed by atoms with Crippen LogP contribution in [0.2, 0.25) is 0 Å². The first-order valence-corrected chi connectivity index (χ1v) is 6.10. The van der Waals surface area contributed by atoms with Gasteiger partial charge in [-0.2, -0.15) is 0 Å². The summed E-state index contributed by atoms with van der Waals surface area (Å²) in [5.41, 5.74) is -0.494. The van der Waals surface area contributed by atoms with Gasteiger partial charge in [0.15, 0.2) is 24.2 Å². The Morgan fingerprint density at radius 2 is 1.71 bits per heavy atom. The topological polar surface area (TPSA) is 89.4 Å². The molecule has 6 nitrogen and oxygen atoms in total. The number of nitrogens with zero attached hydrogens (tertiary/aromatic N) is 2. The molecule has 2 heterocycles. The van der Waals surface area contributed by atoms with E-state index in [1.807, 2.05) is 0 Å². The molecule has 8 heteroatoms. The molecule has 0 aliphatic heterocycles. The van der Waals surface area contributed by atoms with E-state index in [0.29, 0.717) is 22.9 Å². The van der Waals surface area contributed by atoms with Crippen LogP contribution in [0.1, 0.15) is 41.6 Å². The fraction of sp³-hybridized carbons (Fsp3) is 0.312. The van der Waals surface area contributed by atoms with Crippen molar-refractivity contribution < 1.29 is 35.7 Å². The molecule has 1 atom stereocenters. The van der Waals surface area contributed by atoms with Gasteiger partial charge in [0.25, 0.3) is 0 Å². The van der Waals surface area contributed by atoms with Gasteiger partial charge in [0.2, 0.25) is 0 Å². The summed E-state index contributed by atoms with van der Waals surface area (Å²) in [5, 5.41) is 9.51. The van der Waals surface area contributed by atoms with Crippen LogP contribution in [-0.2, 0) is 5.60 Å². The van der Waals surface area contributed by atoms with Crippen LogP contribution in [0.3, 0.4) is 0 Å². The Kier molecular flexibility index (Phi) is 14.5. The summed E-state index contributed by atoms with van der Waals surface area (Å²) in [6.07, 6.45) is 16.6. The Morgan fingerprint density at radius 1 is 1.25 bits per heavy atom. The van der Waals surface area contributed by atoms with E-state index in [2.05, 4.69) is 22.3 Å². The van der Waals surface area contributed by atoms with E-state index in [0.717, 1.165) is 0 Å². The summed E-state index contributed by atoms with van der Waals surface area (Å²) in [7, 11) is 0. The maximum atomic E-state index is 10.6. The second-order valence-electron chi connectivity index (χ2n) is 4.29. The molecule has 24 heavy (non-hydrogen) atoms. The van der Waals surface area contributed by atoms with Gasteiger partial charge in [-0.1, -0.05) is 5.92 Å². The fourth-order valence-electron chi connectivity index (χ4n) is 1.49. The molecule has 0 saturated carbocycles. The zero-order valence-corrected chi connectivity index (χ0v) is 17.0. The molecule has 0 aliphatic rings. The van der Waals surface area contributed by atoms with Crippen LogP contribution in [0.4, 0.5) is 0 Å². The number of halogens is 1. The van der Waals surface area contributed by atoms with Crippen molar-refractivity contribution in [2.24, 2.45) is 0 Å². The predicted octanol–water partition coefficient (Wildman–Crippen LogP) is -1.16. The van der Waals surface area contributed by atoms with E-state index in [4.69, 9.17) is 21.7 Å². The average molecular weight is 406 g/mol. The second kappa shape index (κ2) is 12.8. The zero-order valence-electron chi connectivity index (χ0n) is 14.0. The standard InChI is InChI=1S/C8H9NO2.C6H7NO2.C2H.BrH.Mg/c1-4-8(3,10)7-6(2)11-5-9-7;1-4(8)6-5(2)9-3-7-6;1-2;;/h1,5,10H,2-3H3;3H,1-2H3;1H;1H;/q;;-1;;+2/p-1. The van der Waals surface area contributed by atoms with Crippen LogP contribution in [0.15, 0.2) is 21.6 Å². The number of carbonyl (C=O) groups excluding carboxylic acids is 1. The number of aliphatic hydroxyl groups is 1. The van der Waals surface area contributed by atoms with Crippen LogP contribution in [-0.4, -0.2) is 43.9 Å². The quantitative estimate of drug-likeness (QED) is 0.293. The van der Waals surface area contributed by atoms with E-state index in [9.17, 15) is 9.90 Å². The number of aryl methyl sites for hydroxylation is 2. The average Bonchev–Trinajstić information content (AvgIpc) is 3.10. The maximum absolute atomic E-state index is 10.6. The van der Waals surface area contributed by atoms with Gasteiger partial charge in [-0.15, -0.1) is 6.42 Å². The predicted molar refractivity (Wildman–Crippen MR) is 84.8 cm³/mol. The van der Waals surface area contributed by atoms with Gasteiger partial charge in [-0.3, -0.25) is 4.79 Å². The Labute approximate surface area is 168 Å². The summed E-state index contributed by atoms with van der Waals surface area (Å²) in [5.74, 6) is 3.30. The van der Waals surface area contributed by atoms with Crippen molar-refractivity contribution in [3.8, 4) is 18.8 Å². The normalized spacial score (nSPS) is 10.8. The van der Waals surface area contributed by atoms with E-state index in [1.54, 1.807) is 13.8 Å². The van der Waals surface area contributed by atoms with Gasteiger partial charge < -0.3 is 43.8 Å². The molecule has 0 bridgehead atoms. The van der Waals surface area contributed by atoms with Gasteiger partial charge in [0.05, 0.1) is 0 Å². The number of rotatable bonds is 2. The maximum Gasteiger partial charge on any atom is 2.00 e. The van der Waals surface area contributed by atoms with Crippen molar-refractivity contribution in [2.45, 2.75) is 33.3 Å². The number of ketones is 1. The third kappa shape index (κ3) is 7.80. The van der Waals surface area contributed by atoms with E-state index >= 15 is 0 Å². The van der Waals surface area contributed by atoms with Crippen LogP contribution in [0.5, 0.6) is 0 Å². The molecule has 0 aliphatic carbocycles. The molecule has 1 N–H and O–H groups in total. The molecule has 124 valence electrons. The molecular weight excluding hydrogens is 388 g/mol. The van der Waals surface area contributed by atoms with Gasteiger partial charge in [0.1, 0.15) is 22.9 Å². The van der Waals surface area contributed by atoms with E-state index in [-0.39, 0.29) is 45.8 Å². The van der Waals surface area contributed by atoms with Crippen LogP contribution in [0, 0.1) is 39.0 Å². The Hall–Kier alpha value is -1.58. The van der Waals surface area contributed by atoms with Crippen molar-refractivity contribution in [3.05, 3.63) is 42.1 Å². The van der Waals surface area contributed by atoms with Gasteiger partial charge in [-0.05, 0) is 20.8 Å². The van der Waals surface area contributed by atoms with Crippen LogP contribution >= 0.6 is 0 Å². The molecule has 0 radical (unpaired) electrons. The van der Waals surface area contributed by atoms with Crippen LogP contribution < -0.4 is 17.0 Å². The molecule has 0 amide bonds. The summed E-state index contributed by atoms with van der Waals surface area (Å²) in [6.45, 7) is 6.38. The van der Waals surface area contributed by atoms with Crippen molar-refractivity contribution in [2.75, 3.05) is 0 Å². The molecule has 0 fully saturated rings. The minimum absolute atomic E-state index is 0. The summed E-state index contributed by atoms with van der Waals surface area (Å²) in [6, 6.07) is 0. The van der Waals surface area contributed by atoms with Crippen molar-refractivity contribution in [1.82, 2.24) is 9.97 Å². The molecule has 0 aromatic carbocycles. The first-order chi connectivity index (χ1) is 10.3. The largest absolute Gasteiger partial charge is 2.00 e. The van der Waals surface area contributed by atoms with Gasteiger partial charge in [0, 0.05) is 6.92 Å². The summed E-state index contributed by atoms with van der Waals surface area (Å²) < 4.78 is 9.68. The van der Waals surface area contributed by atoms with E-state index in [1.165, 1.54) is 26.6 Å². The summed E-state index contributed by atoms with van der Waals surface area (Å²) >= 11 is 0. The Morgan fingerprint density at radius 3 is 1.96 bits per heavy atom.